The Balaban J connectivity index is 1.40. The number of benzene rings is 1. The predicted octanol–water partition coefficient (Wildman–Crippen LogP) is 4.38. The zero-order valence-electron chi connectivity index (χ0n) is 17.3. The first-order valence-corrected chi connectivity index (χ1v) is 11.4. The molecule has 0 amide bonds. The molecule has 0 atom stereocenters. The van der Waals surface area contributed by atoms with Crippen molar-refractivity contribution in [3.8, 4) is 0 Å². The number of ether oxygens (including phenoxy) is 1. The van der Waals surface area contributed by atoms with Crippen LogP contribution >= 0.6 is 11.3 Å². The van der Waals surface area contributed by atoms with Crippen molar-refractivity contribution in [3.63, 3.8) is 0 Å². The number of hydrogen-bond acceptors (Lipinski definition) is 4. The lowest BCUT2D eigenvalue weighted by molar-refractivity contribution is 0.105. The highest BCUT2D eigenvalue weighted by atomic mass is 32.1. The molecule has 1 saturated carbocycles. The third kappa shape index (κ3) is 5.92. The first-order valence-electron chi connectivity index (χ1n) is 10.6. The molecule has 5 nitrogen and oxygen atoms in total. The molecular weight excluding hydrogens is 368 g/mol. The summed E-state index contributed by atoms with van der Waals surface area (Å²) in [6.45, 7) is 5.63. The van der Waals surface area contributed by atoms with Gasteiger partial charge >= 0.3 is 0 Å². The molecule has 1 aliphatic rings. The summed E-state index contributed by atoms with van der Waals surface area (Å²) >= 11 is 1.80. The molecule has 0 aliphatic heterocycles. The lowest BCUT2D eigenvalue weighted by Crippen LogP contribution is -2.43. The lowest BCUT2D eigenvalue weighted by Gasteiger charge is -2.30. The number of thiazole rings is 1. The lowest BCUT2D eigenvalue weighted by atomic mass is 9.83. The van der Waals surface area contributed by atoms with Crippen LogP contribution in [0.1, 0.15) is 50.5 Å². The summed E-state index contributed by atoms with van der Waals surface area (Å²) in [5, 5.41) is 8.25. The number of aliphatic imine (C=N–C) groups is 1. The van der Waals surface area contributed by atoms with Crippen molar-refractivity contribution in [3.05, 3.63) is 29.3 Å². The summed E-state index contributed by atoms with van der Waals surface area (Å²) in [6, 6.07) is 8.36. The Bertz CT molecular complexity index is 719. The van der Waals surface area contributed by atoms with Crippen LogP contribution in [0.4, 0.5) is 0 Å². The van der Waals surface area contributed by atoms with E-state index >= 15 is 0 Å². The maximum Gasteiger partial charge on any atom is 0.190 e. The summed E-state index contributed by atoms with van der Waals surface area (Å²) in [7, 11) is 1.85. The molecule has 28 heavy (non-hydrogen) atoms. The maximum absolute atomic E-state index is 5.62. The number of nitrogens with one attached hydrogen (secondary N) is 2. The zero-order chi connectivity index (χ0) is 19.7. The van der Waals surface area contributed by atoms with Crippen molar-refractivity contribution in [2.45, 2.75) is 51.9 Å². The highest BCUT2D eigenvalue weighted by Gasteiger charge is 2.33. The standard InChI is InChI=1S/C22H34N4OS/c1-3-27-16-14-22(12-6-7-13-22)17-25-21(23-2)24-15-8-11-20-26-18-9-4-5-10-19(18)28-20/h4-5,9-10H,3,6-8,11-17H2,1-2H3,(H2,23,24,25). The Labute approximate surface area is 173 Å². The van der Waals surface area contributed by atoms with Crippen LogP contribution in [0, 0.1) is 5.41 Å². The highest BCUT2D eigenvalue weighted by molar-refractivity contribution is 7.18. The van der Waals surface area contributed by atoms with Crippen LogP contribution in [0.2, 0.25) is 0 Å². The van der Waals surface area contributed by atoms with Crippen molar-refractivity contribution in [1.82, 2.24) is 15.6 Å². The van der Waals surface area contributed by atoms with Gasteiger partial charge in [0.05, 0.1) is 15.2 Å². The Morgan fingerprint density at radius 3 is 2.82 bits per heavy atom. The molecule has 6 heteroatoms. The molecule has 2 N–H and O–H groups in total. The second-order valence-corrected chi connectivity index (χ2v) is 8.80. The number of fused-ring (bicyclic) bond motifs is 1. The Morgan fingerprint density at radius 2 is 2.07 bits per heavy atom. The highest BCUT2D eigenvalue weighted by Crippen LogP contribution is 2.40. The fraction of sp³-hybridized carbons (Fsp3) is 0.636. The number of nitrogens with zero attached hydrogens (tertiary/aromatic N) is 2. The summed E-state index contributed by atoms with van der Waals surface area (Å²) in [4.78, 5) is 9.12. The first-order chi connectivity index (χ1) is 13.7. The van der Waals surface area contributed by atoms with Gasteiger partial charge in [0.15, 0.2) is 5.96 Å². The van der Waals surface area contributed by atoms with Crippen LogP contribution in [0.25, 0.3) is 10.2 Å². The van der Waals surface area contributed by atoms with E-state index in [1.807, 2.05) is 7.05 Å². The fourth-order valence-electron chi connectivity index (χ4n) is 4.04. The number of guanidine groups is 1. The normalized spacial score (nSPS) is 16.6. The Morgan fingerprint density at radius 1 is 1.25 bits per heavy atom. The molecule has 0 spiro atoms. The summed E-state index contributed by atoms with van der Waals surface area (Å²) in [5.41, 5.74) is 1.48. The van der Waals surface area contributed by atoms with Crippen molar-refractivity contribution < 1.29 is 4.74 Å². The molecule has 0 bridgehead atoms. The molecule has 3 rings (SSSR count). The van der Waals surface area contributed by atoms with Gasteiger partial charge in [0.1, 0.15) is 0 Å². The summed E-state index contributed by atoms with van der Waals surface area (Å²) in [6.07, 6.45) is 8.45. The van der Waals surface area contributed by atoms with Gasteiger partial charge in [-0.15, -0.1) is 11.3 Å². The van der Waals surface area contributed by atoms with Crippen LogP contribution in [-0.4, -0.2) is 44.3 Å². The smallest absolute Gasteiger partial charge is 0.190 e. The number of rotatable bonds is 10. The van der Waals surface area contributed by atoms with Crippen molar-refractivity contribution in [2.75, 3.05) is 33.4 Å². The van der Waals surface area contributed by atoms with Crippen LogP contribution in [0.3, 0.4) is 0 Å². The van der Waals surface area contributed by atoms with Gasteiger partial charge in [-0.2, -0.15) is 0 Å². The number of aryl methyl sites for hydroxylation is 1. The average molecular weight is 403 g/mol. The van der Waals surface area contributed by atoms with Gasteiger partial charge in [0.25, 0.3) is 0 Å². The van der Waals surface area contributed by atoms with E-state index in [-0.39, 0.29) is 0 Å². The van der Waals surface area contributed by atoms with E-state index in [4.69, 9.17) is 9.72 Å². The molecule has 1 heterocycles. The van der Waals surface area contributed by atoms with Gasteiger partial charge in [-0.25, -0.2) is 4.98 Å². The van der Waals surface area contributed by atoms with Crippen molar-refractivity contribution in [1.29, 1.82) is 0 Å². The molecule has 0 radical (unpaired) electrons. The second kappa shape index (κ2) is 10.8. The molecule has 1 fully saturated rings. The maximum atomic E-state index is 5.62. The number of para-hydroxylation sites is 1. The van der Waals surface area contributed by atoms with Crippen LogP contribution in [0.15, 0.2) is 29.3 Å². The minimum absolute atomic E-state index is 0.369. The zero-order valence-corrected chi connectivity index (χ0v) is 18.1. The van der Waals surface area contributed by atoms with Gasteiger partial charge in [-0.1, -0.05) is 25.0 Å². The number of hydrogen-bond donors (Lipinski definition) is 2. The van der Waals surface area contributed by atoms with E-state index in [9.17, 15) is 0 Å². The van der Waals surface area contributed by atoms with Gasteiger partial charge in [-0.05, 0) is 50.2 Å². The van der Waals surface area contributed by atoms with E-state index in [0.717, 1.165) is 57.0 Å². The topological polar surface area (TPSA) is 58.5 Å². The molecule has 1 aromatic carbocycles. The van der Waals surface area contributed by atoms with E-state index < -0.39 is 0 Å². The molecular formula is C22H34N4OS. The monoisotopic (exact) mass is 402 g/mol. The van der Waals surface area contributed by atoms with Crippen LogP contribution in [-0.2, 0) is 11.2 Å². The minimum Gasteiger partial charge on any atom is -0.382 e. The molecule has 2 aromatic rings. The van der Waals surface area contributed by atoms with Crippen LogP contribution in [0.5, 0.6) is 0 Å². The van der Waals surface area contributed by atoms with Gasteiger partial charge in [-0.3, -0.25) is 4.99 Å². The quantitative estimate of drug-likeness (QED) is 0.352. The second-order valence-electron chi connectivity index (χ2n) is 7.69. The first kappa shape index (κ1) is 21.1. The Hall–Kier alpha value is -1.66. The van der Waals surface area contributed by atoms with Crippen molar-refractivity contribution in [2.24, 2.45) is 10.4 Å². The van der Waals surface area contributed by atoms with E-state index in [1.54, 1.807) is 11.3 Å². The molecule has 1 aromatic heterocycles. The van der Waals surface area contributed by atoms with Crippen molar-refractivity contribution >= 4 is 27.5 Å². The third-order valence-corrected chi connectivity index (χ3v) is 6.79. The van der Waals surface area contributed by atoms with E-state index in [2.05, 4.69) is 46.8 Å². The number of aromatic nitrogens is 1. The van der Waals surface area contributed by atoms with Gasteiger partial charge in [0, 0.05) is 39.8 Å². The molecule has 0 saturated heterocycles. The summed E-state index contributed by atoms with van der Waals surface area (Å²) < 4.78 is 6.89. The van der Waals surface area contributed by atoms with Gasteiger partial charge < -0.3 is 15.4 Å². The van der Waals surface area contributed by atoms with E-state index in [1.165, 1.54) is 35.4 Å². The van der Waals surface area contributed by atoms with E-state index in [0.29, 0.717) is 5.41 Å². The summed E-state index contributed by atoms with van der Waals surface area (Å²) in [5.74, 6) is 0.909. The third-order valence-electron chi connectivity index (χ3n) is 5.70. The largest absolute Gasteiger partial charge is 0.382 e. The fourth-order valence-corrected chi connectivity index (χ4v) is 5.05. The predicted molar refractivity (Wildman–Crippen MR) is 119 cm³/mol. The van der Waals surface area contributed by atoms with Gasteiger partial charge in [0.2, 0.25) is 0 Å². The molecule has 1 aliphatic carbocycles. The molecule has 154 valence electrons. The Kier molecular flexibility index (Phi) is 8.10. The van der Waals surface area contributed by atoms with Crippen LogP contribution < -0.4 is 10.6 Å². The molecule has 0 unspecified atom stereocenters. The average Bonchev–Trinajstić information content (AvgIpc) is 3.34. The SMILES string of the molecule is CCOCCC1(CNC(=NC)NCCCc2nc3ccccc3s2)CCCC1. The minimum atomic E-state index is 0.369.